The van der Waals surface area contributed by atoms with Crippen molar-refractivity contribution in [1.29, 1.82) is 0 Å². The number of halogens is 2. The molecule has 0 fully saturated rings. The molecule has 1 N–H and O–H groups in total. The molecule has 7 nitrogen and oxygen atoms in total. The Hall–Kier alpha value is -2.29. The third kappa shape index (κ3) is 8.40. The summed E-state index contributed by atoms with van der Waals surface area (Å²) in [5.74, 6) is -0.479. The summed E-state index contributed by atoms with van der Waals surface area (Å²) in [6.07, 6.45) is 1.95. The van der Waals surface area contributed by atoms with E-state index in [0.717, 1.165) is 17.4 Å². The van der Waals surface area contributed by atoms with Crippen LogP contribution in [0.1, 0.15) is 44.2 Å². The molecule has 2 rings (SSSR count). The summed E-state index contributed by atoms with van der Waals surface area (Å²) < 4.78 is 26.1. The quantitative estimate of drug-likeness (QED) is 0.418. The molecule has 1 atom stereocenters. The van der Waals surface area contributed by atoms with Gasteiger partial charge < -0.3 is 10.2 Å². The summed E-state index contributed by atoms with van der Waals surface area (Å²) in [7, 11) is -3.53. The van der Waals surface area contributed by atoms with E-state index in [9.17, 15) is 18.0 Å². The molecule has 2 amide bonds. The average molecular weight is 543 g/mol. The van der Waals surface area contributed by atoms with Gasteiger partial charge in [-0.15, -0.1) is 0 Å². The van der Waals surface area contributed by atoms with Crippen LogP contribution in [-0.2, 0) is 26.2 Å². The number of anilines is 1. The minimum Gasteiger partial charge on any atom is -0.355 e. The van der Waals surface area contributed by atoms with Gasteiger partial charge in [-0.1, -0.05) is 53.9 Å². The maximum absolute atomic E-state index is 13.3. The van der Waals surface area contributed by atoms with Crippen LogP contribution in [-0.4, -0.2) is 50.5 Å². The third-order valence-electron chi connectivity index (χ3n) is 5.55. The Balaban J connectivity index is 2.21. The first-order chi connectivity index (χ1) is 16.5. The van der Waals surface area contributed by atoms with Gasteiger partial charge >= 0.3 is 0 Å². The number of benzene rings is 2. The highest BCUT2D eigenvalue weighted by Gasteiger charge is 2.28. The van der Waals surface area contributed by atoms with E-state index in [2.05, 4.69) is 5.32 Å². The number of rotatable bonds is 12. The SMILES string of the molecule is CCNC(=O)C(CC)N(Cc1ccc(Cl)c(Cl)c1)C(=O)CCCN(c1ccc(C)cc1)S(C)(=O)=O. The zero-order valence-corrected chi connectivity index (χ0v) is 22.9. The number of aryl methyl sites for hydroxylation is 1. The minimum absolute atomic E-state index is 0.0785. The smallest absolute Gasteiger partial charge is 0.242 e. The van der Waals surface area contributed by atoms with Crippen molar-refractivity contribution in [3.8, 4) is 0 Å². The molecule has 0 bridgehead atoms. The van der Waals surface area contributed by atoms with Crippen LogP contribution in [0.3, 0.4) is 0 Å². The molecule has 0 aliphatic carbocycles. The molecule has 2 aromatic rings. The van der Waals surface area contributed by atoms with Gasteiger partial charge in [0, 0.05) is 26.1 Å². The molecule has 1 unspecified atom stereocenters. The number of amides is 2. The molecule has 2 aromatic carbocycles. The summed E-state index contributed by atoms with van der Waals surface area (Å²) >= 11 is 12.2. The Morgan fingerprint density at radius 3 is 2.23 bits per heavy atom. The lowest BCUT2D eigenvalue weighted by Gasteiger charge is -2.31. The Bertz CT molecular complexity index is 1120. The highest BCUT2D eigenvalue weighted by molar-refractivity contribution is 7.92. The van der Waals surface area contributed by atoms with Gasteiger partial charge in [0.15, 0.2) is 0 Å². The normalized spacial score (nSPS) is 12.2. The van der Waals surface area contributed by atoms with E-state index in [1.165, 1.54) is 9.21 Å². The molecule has 0 spiro atoms. The lowest BCUT2D eigenvalue weighted by molar-refractivity contribution is -0.141. The van der Waals surface area contributed by atoms with Crippen LogP contribution in [0.2, 0.25) is 10.0 Å². The Morgan fingerprint density at radius 2 is 1.69 bits per heavy atom. The molecule has 0 radical (unpaired) electrons. The Morgan fingerprint density at radius 1 is 1.03 bits per heavy atom. The van der Waals surface area contributed by atoms with Crippen molar-refractivity contribution in [2.45, 2.75) is 52.6 Å². The zero-order valence-electron chi connectivity index (χ0n) is 20.6. The maximum Gasteiger partial charge on any atom is 0.242 e. The number of likely N-dealkylation sites (N-methyl/N-ethyl adjacent to an activating group) is 1. The van der Waals surface area contributed by atoms with Crippen LogP contribution in [0.15, 0.2) is 42.5 Å². The van der Waals surface area contributed by atoms with Gasteiger partial charge in [-0.2, -0.15) is 0 Å². The number of carbonyl (C=O) groups is 2. The number of carbonyl (C=O) groups excluding carboxylic acids is 2. The molecule has 0 aliphatic rings. The van der Waals surface area contributed by atoms with Gasteiger partial charge in [0.25, 0.3) is 0 Å². The van der Waals surface area contributed by atoms with Crippen LogP contribution >= 0.6 is 23.2 Å². The molecule has 0 heterocycles. The summed E-state index contributed by atoms with van der Waals surface area (Å²) in [6, 6.07) is 11.6. The third-order valence-corrected chi connectivity index (χ3v) is 7.48. The first-order valence-electron chi connectivity index (χ1n) is 11.5. The monoisotopic (exact) mass is 541 g/mol. The number of sulfonamides is 1. The Labute approximate surface area is 218 Å². The van der Waals surface area contributed by atoms with Crippen LogP contribution < -0.4 is 9.62 Å². The fourth-order valence-electron chi connectivity index (χ4n) is 3.76. The number of hydrogen-bond acceptors (Lipinski definition) is 4. The Kier molecular flexibility index (Phi) is 10.9. The van der Waals surface area contributed by atoms with Crippen molar-refractivity contribution in [2.24, 2.45) is 0 Å². The highest BCUT2D eigenvalue weighted by Crippen LogP contribution is 2.25. The van der Waals surface area contributed by atoms with E-state index in [1.807, 2.05) is 32.9 Å². The molecule has 10 heteroatoms. The first kappa shape index (κ1) is 28.9. The summed E-state index contributed by atoms with van der Waals surface area (Å²) in [6.45, 7) is 6.36. The van der Waals surface area contributed by atoms with E-state index in [0.29, 0.717) is 35.1 Å². The number of nitrogens with zero attached hydrogens (tertiary/aromatic N) is 2. The number of hydrogen-bond donors (Lipinski definition) is 1. The zero-order chi connectivity index (χ0) is 26.2. The lowest BCUT2D eigenvalue weighted by atomic mass is 10.1. The van der Waals surface area contributed by atoms with E-state index >= 15 is 0 Å². The topological polar surface area (TPSA) is 86.8 Å². The second kappa shape index (κ2) is 13.1. The van der Waals surface area contributed by atoms with Crippen molar-refractivity contribution in [2.75, 3.05) is 23.7 Å². The minimum atomic E-state index is -3.53. The van der Waals surface area contributed by atoms with E-state index in [4.69, 9.17) is 23.2 Å². The summed E-state index contributed by atoms with van der Waals surface area (Å²) in [5.41, 5.74) is 2.31. The standard InChI is InChI=1S/C25H33Cl2N3O4S/c1-5-23(25(32)28-6-2)29(17-19-11-14-21(26)22(27)16-19)24(31)8-7-15-30(35(4,33)34)20-12-9-18(3)10-13-20/h9-14,16,23H,5-8,15,17H2,1-4H3,(H,28,32). The van der Waals surface area contributed by atoms with Gasteiger partial charge in [0.1, 0.15) is 6.04 Å². The van der Waals surface area contributed by atoms with E-state index < -0.39 is 16.1 Å². The van der Waals surface area contributed by atoms with Gasteiger partial charge in [-0.3, -0.25) is 13.9 Å². The van der Waals surface area contributed by atoms with E-state index in [1.54, 1.807) is 30.3 Å². The molecule has 0 saturated carbocycles. The molecule has 0 aliphatic heterocycles. The van der Waals surface area contributed by atoms with Crippen molar-refractivity contribution < 1.29 is 18.0 Å². The van der Waals surface area contributed by atoms with Crippen LogP contribution in [0.25, 0.3) is 0 Å². The van der Waals surface area contributed by atoms with Crippen molar-refractivity contribution in [3.63, 3.8) is 0 Å². The molecular weight excluding hydrogens is 509 g/mol. The number of nitrogens with one attached hydrogen (secondary N) is 1. The average Bonchev–Trinajstić information content (AvgIpc) is 2.79. The fourth-order valence-corrected chi connectivity index (χ4v) is 5.05. The largest absolute Gasteiger partial charge is 0.355 e. The summed E-state index contributed by atoms with van der Waals surface area (Å²) in [4.78, 5) is 27.6. The maximum atomic E-state index is 13.3. The van der Waals surface area contributed by atoms with Crippen LogP contribution in [0.4, 0.5) is 5.69 Å². The molecule has 0 aromatic heterocycles. The first-order valence-corrected chi connectivity index (χ1v) is 14.1. The summed E-state index contributed by atoms with van der Waals surface area (Å²) in [5, 5.41) is 3.56. The lowest BCUT2D eigenvalue weighted by Crippen LogP contribution is -2.49. The highest BCUT2D eigenvalue weighted by atomic mass is 35.5. The van der Waals surface area contributed by atoms with Gasteiger partial charge in [0.05, 0.1) is 22.0 Å². The van der Waals surface area contributed by atoms with E-state index in [-0.39, 0.29) is 31.3 Å². The molecular formula is C25H33Cl2N3O4S. The van der Waals surface area contributed by atoms with Crippen LogP contribution in [0.5, 0.6) is 0 Å². The van der Waals surface area contributed by atoms with Gasteiger partial charge in [0.2, 0.25) is 21.8 Å². The second-order valence-electron chi connectivity index (χ2n) is 8.36. The second-order valence-corrected chi connectivity index (χ2v) is 11.1. The van der Waals surface area contributed by atoms with Crippen molar-refractivity contribution in [3.05, 3.63) is 63.6 Å². The molecule has 35 heavy (non-hydrogen) atoms. The van der Waals surface area contributed by atoms with Crippen LogP contribution in [0, 0.1) is 6.92 Å². The molecule has 0 saturated heterocycles. The van der Waals surface area contributed by atoms with Crippen molar-refractivity contribution in [1.82, 2.24) is 10.2 Å². The fraction of sp³-hybridized carbons (Fsp3) is 0.440. The van der Waals surface area contributed by atoms with Gasteiger partial charge in [-0.05, 0) is 56.5 Å². The van der Waals surface area contributed by atoms with Gasteiger partial charge in [-0.25, -0.2) is 8.42 Å². The predicted octanol–water partition coefficient (Wildman–Crippen LogP) is 4.79. The van der Waals surface area contributed by atoms with Crippen molar-refractivity contribution >= 4 is 50.7 Å². The molecule has 192 valence electrons. The predicted molar refractivity (Wildman–Crippen MR) is 142 cm³/mol.